The molecule has 0 aliphatic rings. The first kappa shape index (κ1) is 10.9. The van der Waals surface area contributed by atoms with E-state index in [1.165, 1.54) is 6.42 Å². The Hall–Kier alpha value is -1.65. The van der Waals surface area contributed by atoms with Gasteiger partial charge in [-0.15, -0.1) is 0 Å². The Morgan fingerprint density at radius 1 is 1.38 bits per heavy atom. The molecule has 2 aromatic rings. The zero-order valence-corrected chi connectivity index (χ0v) is 9.77. The lowest BCUT2D eigenvalue weighted by Crippen LogP contribution is -2.14. The van der Waals surface area contributed by atoms with Crippen molar-refractivity contribution in [1.82, 2.24) is 19.5 Å². The van der Waals surface area contributed by atoms with E-state index >= 15 is 0 Å². The average Bonchev–Trinajstić information content (AvgIpc) is 2.78. The molecule has 0 aromatic carbocycles. The largest absolute Gasteiger partial charge is 0.340 e. The van der Waals surface area contributed by atoms with Gasteiger partial charge in [-0.3, -0.25) is 4.99 Å². The number of nitrogens with zero attached hydrogens (tertiary/aromatic N) is 4. The van der Waals surface area contributed by atoms with E-state index in [0.717, 1.165) is 36.2 Å². The van der Waals surface area contributed by atoms with Crippen molar-refractivity contribution < 1.29 is 0 Å². The minimum Gasteiger partial charge on any atom is -0.340 e. The van der Waals surface area contributed by atoms with Gasteiger partial charge in [0.25, 0.3) is 0 Å². The summed E-state index contributed by atoms with van der Waals surface area (Å²) in [5.41, 5.74) is 2.62. The van der Waals surface area contributed by atoms with Crippen molar-refractivity contribution in [2.24, 2.45) is 4.99 Å². The van der Waals surface area contributed by atoms with Crippen molar-refractivity contribution in [2.75, 3.05) is 6.54 Å². The SMILES string of the molecule is CCCCn1cnc(=NCC)c2[nH]cnc21. The van der Waals surface area contributed by atoms with Crippen molar-refractivity contribution >= 4 is 11.2 Å². The number of fused-ring (bicyclic) bond motifs is 1. The molecule has 0 amide bonds. The van der Waals surface area contributed by atoms with Crippen molar-refractivity contribution in [2.45, 2.75) is 33.2 Å². The second-order valence-corrected chi connectivity index (χ2v) is 3.69. The van der Waals surface area contributed by atoms with Crippen LogP contribution in [0.4, 0.5) is 0 Å². The van der Waals surface area contributed by atoms with E-state index in [9.17, 15) is 0 Å². The van der Waals surface area contributed by atoms with Crippen LogP contribution in [0.25, 0.3) is 11.2 Å². The monoisotopic (exact) mass is 219 g/mol. The Morgan fingerprint density at radius 2 is 2.25 bits per heavy atom. The molecule has 2 heterocycles. The minimum absolute atomic E-state index is 0.736. The Balaban J connectivity index is 2.51. The van der Waals surface area contributed by atoms with E-state index in [0.29, 0.717) is 0 Å². The van der Waals surface area contributed by atoms with Gasteiger partial charge in [0, 0.05) is 13.1 Å². The van der Waals surface area contributed by atoms with Crippen molar-refractivity contribution in [3.63, 3.8) is 0 Å². The van der Waals surface area contributed by atoms with Gasteiger partial charge in [-0.2, -0.15) is 0 Å². The minimum atomic E-state index is 0.736. The number of hydrogen-bond donors (Lipinski definition) is 1. The fourth-order valence-corrected chi connectivity index (χ4v) is 1.67. The van der Waals surface area contributed by atoms with Gasteiger partial charge < -0.3 is 9.55 Å². The zero-order chi connectivity index (χ0) is 11.4. The zero-order valence-electron chi connectivity index (χ0n) is 9.77. The first-order valence-electron chi connectivity index (χ1n) is 5.75. The van der Waals surface area contributed by atoms with Crippen LogP contribution in [-0.2, 0) is 6.54 Å². The highest BCUT2D eigenvalue weighted by molar-refractivity contribution is 5.68. The molecule has 0 unspecified atom stereocenters. The fourth-order valence-electron chi connectivity index (χ4n) is 1.67. The molecule has 2 rings (SSSR count). The van der Waals surface area contributed by atoms with Crippen LogP contribution in [0.1, 0.15) is 26.7 Å². The van der Waals surface area contributed by atoms with E-state index in [-0.39, 0.29) is 0 Å². The summed E-state index contributed by atoms with van der Waals surface area (Å²) in [4.78, 5) is 16.1. The maximum atomic E-state index is 4.35. The van der Waals surface area contributed by atoms with Crippen LogP contribution in [0.2, 0.25) is 0 Å². The molecule has 5 nitrogen and oxygen atoms in total. The second-order valence-electron chi connectivity index (χ2n) is 3.69. The van der Waals surface area contributed by atoms with Gasteiger partial charge in [-0.05, 0) is 13.3 Å². The van der Waals surface area contributed by atoms with E-state index in [1.54, 1.807) is 6.33 Å². The van der Waals surface area contributed by atoms with Crippen molar-refractivity contribution in [1.29, 1.82) is 0 Å². The Labute approximate surface area is 94.3 Å². The first-order chi connectivity index (χ1) is 7.86. The second kappa shape index (κ2) is 4.92. The van der Waals surface area contributed by atoms with Crippen LogP contribution >= 0.6 is 0 Å². The molecule has 1 N–H and O–H groups in total. The van der Waals surface area contributed by atoms with Crippen molar-refractivity contribution in [3.05, 3.63) is 18.1 Å². The topological polar surface area (TPSA) is 58.9 Å². The van der Waals surface area contributed by atoms with E-state index < -0.39 is 0 Å². The normalized spacial score (nSPS) is 12.5. The van der Waals surface area contributed by atoms with E-state index in [4.69, 9.17) is 0 Å². The van der Waals surface area contributed by atoms with E-state index in [2.05, 4.69) is 31.4 Å². The van der Waals surface area contributed by atoms with Crippen LogP contribution in [0, 0.1) is 0 Å². The average molecular weight is 219 g/mol. The first-order valence-corrected chi connectivity index (χ1v) is 5.75. The smallest absolute Gasteiger partial charge is 0.176 e. The number of aryl methyl sites for hydroxylation is 1. The van der Waals surface area contributed by atoms with Crippen LogP contribution in [0.3, 0.4) is 0 Å². The molecule has 0 saturated carbocycles. The summed E-state index contributed by atoms with van der Waals surface area (Å²) in [6.45, 7) is 5.87. The molecule has 0 aliphatic heterocycles. The Kier molecular flexibility index (Phi) is 3.34. The summed E-state index contributed by atoms with van der Waals surface area (Å²) >= 11 is 0. The van der Waals surface area contributed by atoms with Gasteiger partial charge in [0.1, 0.15) is 5.52 Å². The third kappa shape index (κ3) is 1.98. The predicted octanol–water partition coefficient (Wildman–Crippen LogP) is 1.48. The predicted molar refractivity (Wildman–Crippen MR) is 62.9 cm³/mol. The van der Waals surface area contributed by atoms with Gasteiger partial charge in [0.2, 0.25) is 0 Å². The highest BCUT2D eigenvalue weighted by Gasteiger charge is 2.03. The number of rotatable bonds is 4. The molecule has 86 valence electrons. The standard InChI is InChI=1S/C11H17N5/c1-3-5-6-16-8-15-10(12-4-2)9-11(16)14-7-13-9/h7-8H,3-6H2,1-2H3,(H,13,14). The van der Waals surface area contributed by atoms with Crippen molar-refractivity contribution in [3.8, 4) is 0 Å². The molecule has 0 atom stereocenters. The van der Waals surface area contributed by atoms with Gasteiger partial charge in [0.05, 0.1) is 12.7 Å². The van der Waals surface area contributed by atoms with Gasteiger partial charge in [-0.25, -0.2) is 9.97 Å². The third-order valence-corrected chi connectivity index (χ3v) is 2.49. The highest BCUT2D eigenvalue weighted by Crippen LogP contribution is 2.04. The number of hydrogen-bond acceptors (Lipinski definition) is 3. The fraction of sp³-hybridized carbons (Fsp3) is 0.545. The van der Waals surface area contributed by atoms with E-state index in [1.807, 2.05) is 13.3 Å². The highest BCUT2D eigenvalue weighted by atomic mass is 15.1. The number of aromatic amines is 1. The molecule has 5 heteroatoms. The quantitative estimate of drug-likeness (QED) is 0.846. The molecule has 16 heavy (non-hydrogen) atoms. The molecule has 0 spiro atoms. The summed E-state index contributed by atoms with van der Waals surface area (Å²) in [7, 11) is 0. The molecule has 0 aliphatic carbocycles. The third-order valence-electron chi connectivity index (χ3n) is 2.49. The van der Waals surface area contributed by atoms with Crippen LogP contribution < -0.4 is 5.49 Å². The summed E-state index contributed by atoms with van der Waals surface area (Å²) in [6, 6.07) is 0. The lowest BCUT2D eigenvalue weighted by molar-refractivity contribution is 0.631. The van der Waals surface area contributed by atoms with Crippen LogP contribution in [0.5, 0.6) is 0 Å². The molecule has 0 fully saturated rings. The number of H-pyrrole nitrogens is 1. The van der Waals surface area contributed by atoms with Gasteiger partial charge in [0.15, 0.2) is 11.1 Å². The maximum Gasteiger partial charge on any atom is 0.176 e. The van der Waals surface area contributed by atoms with Gasteiger partial charge >= 0.3 is 0 Å². The summed E-state index contributed by atoms with van der Waals surface area (Å²) in [6.07, 6.45) is 5.83. The number of imidazole rings is 1. The lowest BCUT2D eigenvalue weighted by atomic mass is 10.3. The number of unbranched alkanes of at least 4 members (excludes halogenated alkanes) is 1. The van der Waals surface area contributed by atoms with Crippen LogP contribution in [-0.4, -0.2) is 26.1 Å². The summed E-state index contributed by atoms with van der Waals surface area (Å²) < 4.78 is 2.07. The molecular formula is C11H17N5. The maximum absolute atomic E-state index is 4.35. The van der Waals surface area contributed by atoms with Crippen LogP contribution in [0.15, 0.2) is 17.6 Å². The number of nitrogens with one attached hydrogen (secondary N) is 1. The summed E-state index contributed by atoms with van der Waals surface area (Å²) in [5.74, 6) is 0. The Bertz CT molecular complexity index is 522. The van der Waals surface area contributed by atoms with Gasteiger partial charge in [-0.1, -0.05) is 13.3 Å². The molecule has 2 aromatic heterocycles. The molecular weight excluding hydrogens is 202 g/mol. The lowest BCUT2D eigenvalue weighted by Gasteiger charge is -2.05. The molecule has 0 radical (unpaired) electrons. The summed E-state index contributed by atoms with van der Waals surface area (Å²) in [5, 5.41) is 0. The molecule has 0 bridgehead atoms. The Morgan fingerprint density at radius 3 is 3.00 bits per heavy atom. The number of aromatic nitrogens is 4. The molecule has 0 saturated heterocycles.